The highest BCUT2D eigenvalue weighted by Gasteiger charge is 2.21. The fourth-order valence-electron chi connectivity index (χ4n) is 3.69. The molecule has 2 aromatic carbocycles. The largest absolute Gasteiger partial charge is 0.493 e. The number of methoxy groups -OCH3 is 2. The Labute approximate surface area is 184 Å². The molecule has 0 aliphatic rings. The van der Waals surface area contributed by atoms with Crippen LogP contribution in [-0.2, 0) is 0 Å². The van der Waals surface area contributed by atoms with Crippen molar-refractivity contribution < 1.29 is 14.3 Å². The Balaban J connectivity index is 2.07. The van der Waals surface area contributed by atoms with Gasteiger partial charge in [0.25, 0.3) is 5.91 Å². The predicted octanol–water partition coefficient (Wildman–Crippen LogP) is 4.95. The third-order valence-electron chi connectivity index (χ3n) is 5.29. The smallest absolute Gasteiger partial charge is 0.260 e. The average molecular weight is 434 g/mol. The third kappa shape index (κ3) is 3.57. The van der Waals surface area contributed by atoms with E-state index in [1.54, 1.807) is 14.2 Å². The molecule has 6 nitrogen and oxygen atoms in total. The zero-order valence-electron chi connectivity index (χ0n) is 17.8. The summed E-state index contributed by atoms with van der Waals surface area (Å²) in [6, 6.07) is 13.9. The lowest BCUT2D eigenvalue weighted by Crippen LogP contribution is -2.10. The summed E-state index contributed by atoms with van der Waals surface area (Å²) >= 11 is 1.21. The number of pyridine rings is 1. The SMILES string of the molecule is COc1ccc(-c2cc(-c3cc(C)ccc3C)nc3sc(C(N)=O)c(N)c23)cc1OC. The van der Waals surface area contributed by atoms with Gasteiger partial charge in [0.1, 0.15) is 9.71 Å². The summed E-state index contributed by atoms with van der Waals surface area (Å²) < 4.78 is 10.9. The number of carbonyl (C=O) groups is 1. The zero-order chi connectivity index (χ0) is 22.3. The molecule has 0 radical (unpaired) electrons. The maximum atomic E-state index is 12.0. The van der Waals surface area contributed by atoms with E-state index in [1.807, 2.05) is 38.1 Å². The average Bonchev–Trinajstić information content (AvgIpc) is 3.11. The molecule has 0 unspecified atom stereocenters. The van der Waals surface area contributed by atoms with Crippen molar-refractivity contribution in [1.82, 2.24) is 4.98 Å². The fraction of sp³-hybridized carbons (Fsp3) is 0.167. The normalized spacial score (nSPS) is 11.0. The summed E-state index contributed by atoms with van der Waals surface area (Å²) in [5, 5.41) is 0.708. The molecule has 0 bridgehead atoms. The molecule has 0 saturated carbocycles. The number of benzene rings is 2. The van der Waals surface area contributed by atoms with Crippen molar-refractivity contribution in [1.29, 1.82) is 0 Å². The van der Waals surface area contributed by atoms with E-state index in [9.17, 15) is 4.79 Å². The Morgan fingerprint density at radius 3 is 2.39 bits per heavy atom. The molecule has 0 fully saturated rings. The van der Waals surface area contributed by atoms with Crippen LogP contribution in [0.3, 0.4) is 0 Å². The van der Waals surface area contributed by atoms with Crippen molar-refractivity contribution in [2.24, 2.45) is 5.73 Å². The molecular formula is C24H23N3O3S. The highest BCUT2D eigenvalue weighted by molar-refractivity contribution is 7.21. The van der Waals surface area contributed by atoms with Gasteiger partial charge in [-0.3, -0.25) is 4.79 Å². The maximum absolute atomic E-state index is 12.0. The lowest BCUT2D eigenvalue weighted by atomic mass is 9.96. The standard InChI is InChI=1S/C24H23N3O3S/c1-12-5-6-13(2)15(9-12)17-11-16(14-7-8-18(29-3)19(10-14)30-4)20-21(25)22(23(26)28)31-24(20)27-17/h5-11H,25H2,1-4H3,(H2,26,28). The van der Waals surface area contributed by atoms with E-state index in [1.165, 1.54) is 11.3 Å². The van der Waals surface area contributed by atoms with E-state index in [0.29, 0.717) is 32.3 Å². The van der Waals surface area contributed by atoms with Crippen LogP contribution in [0.4, 0.5) is 5.69 Å². The molecule has 0 aliphatic carbocycles. The lowest BCUT2D eigenvalue weighted by molar-refractivity contribution is 0.100. The van der Waals surface area contributed by atoms with Crippen molar-refractivity contribution in [2.75, 3.05) is 20.0 Å². The zero-order valence-corrected chi connectivity index (χ0v) is 18.6. The van der Waals surface area contributed by atoms with Crippen molar-refractivity contribution in [3.05, 3.63) is 58.5 Å². The topological polar surface area (TPSA) is 100 Å². The number of ether oxygens (including phenoxy) is 2. The van der Waals surface area contributed by atoms with Crippen LogP contribution in [0.2, 0.25) is 0 Å². The van der Waals surface area contributed by atoms with Gasteiger partial charge in [-0.1, -0.05) is 23.8 Å². The molecule has 31 heavy (non-hydrogen) atoms. The second-order valence-corrected chi connectivity index (χ2v) is 8.33. The number of hydrogen-bond acceptors (Lipinski definition) is 6. The number of nitrogens with two attached hydrogens (primary N) is 2. The molecule has 1 amide bonds. The first-order valence-electron chi connectivity index (χ1n) is 9.67. The first-order valence-corrected chi connectivity index (χ1v) is 10.5. The summed E-state index contributed by atoms with van der Waals surface area (Å²) in [7, 11) is 3.19. The molecule has 4 rings (SSSR count). The Hall–Kier alpha value is -3.58. The summed E-state index contributed by atoms with van der Waals surface area (Å²) in [5.41, 5.74) is 18.1. The monoisotopic (exact) mass is 433 g/mol. The first kappa shape index (κ1) is 20.7. The number of aromatic nitrogens is 1. The number of thiophene rings is 1. The minimum Gasteiger partial charge on any atom is -0.493 e. The highest BCUT2D eigenvalue weighted by Crippen LogP contribution is 2.43. The number of aryl methyl sites for hydroxylation is 2. The number of rotatable bonds is 5. The summed E-state index contributed by atoms with van der Waals surface area (Å²) in [6.07, 6.45) is 0. The van der Waals surface area contributed by atoms with Crippen molar-refractivity contribution in [3.8, 4) is 33.9 Å². The highest BCUT2D eigenvalue weighted by atomic mass is 32.1. The van der Waals surface area contributed by atoms with Crippen LogP contribution in [-0.4, -0.2) is 25.1 Å². The van der Waals surface area contributed by atoms with Crippen molar-refractivity contribution >= 4 is 33.1 Å². The minimum absolute atomic E-state index is 0.308. The number of primary amides is 1. The Kier molecular flexibility index (Phi) is 5.29. The summed E-state index contributed by atoms with van der Waals surface area (Å²) in [4.78, 5) is 17.8. The number of fused-ring (bicyclic) bond motifs is 1. The number of amides is 1. The van der Waals surface area contributed by atoms with Crippen molar-refractivity contribution in [3.63, 3.8) is 0 Å². The van der Waals surface area contributed by atoms with Crippen LogP contribution in [0.1, 0.15) is 20.8 Å². The van der Waals surface area contributed by atoms with Crippen LogP contribution in [0.5, 0.6) is 11.5 Å². The molecule has 4 aromatic rings. The van der Waals surface area contributed by atoms with Gasteiger partial charge in [0.15, 0.2) is 11.5 Å². The lowest BCUT2D eigenvalue weighted by Gasteiger charge is -2.13. The maximum Gasteiger partial charge on any atom is 0.260 e. The molecule has 0 aliphatic heterocycles. The molecule has 158 valence electrons. The van der Waals surface area contributed by atoms with Crippen molar-refractivity contribution in [2.45, 2.75) is 13.8 Å². The second kappa shape index (κ2) is 7.92. The number of hydrogen-bond donors (Lipinski definition) is 2. The molecule has 7 heteroatoms. The van der Waals surface area contributed by atoms with Gasteiger partial charge in [-0.2, -0.15) is 0 Å². The molecule has 0 saturated heterocycles. The number of nitrogen functional groups attached to an aromatic ring is 1. The van der Waals surface area contributed by atoms with E-state index in [2.05, 4.69) is 18.2 Å². The minimum atomic E-state index is -0.563. The Bertz CT molecular complexity index is 1330. The number of anilines is 1. The van der Waals surface area contributed by atoms with E-state index in [4.69, 9.17) is 25.9 Å². The summed E-state index contributed by atoms with van der Waals surface area (Å²) in [5.74, 6) is 0.664. The van der Waals surface area contributed by atoms with Gasteiger partial charge in [0, 0.05) is 10.9 Å². The molecule has 4 N–H and O–H groups in total. The van der Waals surface area contributed by atoms with Crippen LogP contribution >= 0.6 is 11.3 Å². The van der Waals surface area contributed by atoms with Gasteiger partial charge in [-0.25, -0.2) is 4.98 Å². The Morgan fingerprint density at radius 2 is 1.71 bits per heavy atom. The van der Waals surface area contributed by atoms with Gasteiger partial charge in [0.05, 0.1) is 25.6 Å². The van der Waals surface area contributed by atoms with E-state index in [-0.39, 0.29) is 0 Å². The van der Waals surface area contributed by atoms with E-state index in [0.717, 1.165) is 33.5 Å². The predicted molar refractivity (Wildman–Crippen MR) is 126 cm³/mol. The molecular weight excluding hydrogens is 410 g/mol. The number of carbonyl (C=O) groups excluding carboxylic acids is 1. The van der Waals surface area contributed by atoms with Crippen LogP contribution in [0, 0.1) is 13.8 Å². The van der Waals surface area contributed by atoms with Gasteiger partial charge < -0.3 is 20.9 Å². The van der Waals surface area contributed by atoms with E-state index < -0.39 is 5.91 Å². The molecule has 2 aromatic heterocycles. The van der Waals surface area contributed by atoms with Crippen LogP contribution < -0.4 is 20.9 Å². The summed E-state index contributed by atoms with van der Waals surface area (Å²) in [6.45, 7) is 4.10. The molecule has 2 heterocycles. The van der Waals surface area contributed by atoms with Crippen LogP contribution in [0.25, 0.3) is 32.6 Å². The van der Waals surface area contributed by atoms with E-state index >= 15 is 0 Å². The first-order chi connectivity index (χ1) is 14.8. The second-order valence-electron chi connectivity index (χ2n) is 7.33. The fourth-order valence-corrected chi connectivity index (χ4v) is 4.66. The quantitative estimate of drug-likeness (QED) is 0.464. The van der Waals surface area contributed by atoms with Gasteiger partial charge in [0.2, 0.25) is 0 Å². The van der Waals surface area contributed by atoms with Gasteiger partial charge in [-0.05, 0) is 54.8 Å². The number of nitrogens with zero attached hydrogens (tertiary/aromatic N) is 1. The third-order valence-corrected chi connectivity index (χ3v) is 6.40. The van der Waals surface area contributed by atoms with Gasteiger partial charge in [-0.15, -0.1) is 11.3 Å². The van der Waals surface area contributed by atoms with Crippen LogP contribution in [0.15, 0.2) is 42.5 Å². The molecule has 0 spiro atoms. The molecule has 0 atom stereocenters. The van der Waals surface area contributed by atoms with Gasteiger partial charge >= 0.3 is 0 Å². The Morgan fingerprint density at radius 1 is 0.968 bits per heavy atom.